The molecular weight excluding hydrogens is 280 g/mol. The lowest BCUT2D eigenvalue weighted by Gasteiger charge is -2.33. The topological polar surface area (TPSA) is 36.4 Å². The van der Waals surface area contributed by atoms with Crippen LogP contribution in [-0.2, 0) is 6.54 Å². The summed E-state index contributed by atoms with van der Waals surface area (Å²) < 4.78 is 0. The third-order valence-corrected chi connectivity index (χ3v) is 5.16. The van der Waals surface area contributed by atoms with Gasteiger partial charge in [0.1, 0.15) is 5.01 Å². The van der Waals surface area contributed by atoms with Crippen molar-refractivity contribution in [2.45, 2.75) is 44.9 Å². The minimum atomic E-state index is -0.643. The highest BCUT2D eigenvalue weighted by Crippen LogP contribution is 2.31. The molecular formula is C17H22N2OS. The molecule has 1 aromatic carbocycles. The van der Waals surface area contributed by atoms with Gasteiger partial charge in [-0.1, -0.05) is 30.3 Å². The number of rotatable bonds is 4. The zero-order valence-electron chi connectivity index (χ0n) is 12.6. The first-order valence-electron chi connectivity index (χ1n) is 7.50. The summed E-state index contributed by atoms with van der Waals surface area (Å²) in [4.78, 5) is 8.15. The normalized spacial score (nSPS) is 20.0. The molecule has 1 aliphatic heterocycles. The van der Waals surface area contributed by atoms with E-state index in [-0.39, 0.29) is 6.04 Å². The molecule has 1 aromatic heterocycles. The smallest absolute Gasteiger partial charge is 0.107 e. The number of aromatic nitrogens is 1. The quantitative estimate of drug-likeness (QED) is 0.938. The van der Waals surface area contributed by atoms with E-state index >= 15 is 0 Å². The van der Waals surface area contributed by atoms with E-state index in [0.29, 0.717) is 0 Å². The van der Waals surface area contributed by atoms with Crippen molar-refractivity contribution in [3.8, 4) is 10.4 Å². The van der Waals surface area contributed by atoms with Crippen molar-refractivity contribution in [2.75, 3.05) is 6.54 Å². The summed E-state index contributed by atoms with van der Waals surface area (Å²) in [6, 6.07) is 10.6. The van der Waals surface area contributed by atoms with Crippen LogP contribution in [0.2, 0.25) is 0 Å². The van der Waals surface area contributed by atoms with Crippen molar-refractivity contribution >= 4 is 11.3 Å². The molecule has 1 aliphatic rings. The SMILES string of the molecule is CC(C)(O)C1CCCN1Cc1ncc(-c2ccccc2)s1. The highest BCUT2D eigenvalue weighted by atomic mass is 32.1. The number of aliphatic hydroxyl groups is 1. The molecule has 21 heavy (non-hydrogen) atoms. The zero-order valence-corrected chi connectivity index (χ0v) is 13.4. The number of nitrogens with zero attached hydrogens (tertiary/aromatic N) is 2. The highest BCUT2D eigenvalue weighted by molar-refractivity contribution is 7.15. The summed E-state index contributed by atoms with van der Waals surface area (Å²) in [6.45, 7) is 5.71. The van der Waals surface area contributed by atoms with Crippen LogP contribution in [0.5, 0.6) is 0 Å². The minimum absolute atomic E-state index is 0.238. The minimum Gasteiger partial charge on any atom is -0.389 e. The number of hydrogen-bond acceptors (Lipinski definition) is 4. The monoisotopic (exact) mass is 302 g/mol. The molecule has 1 saturated heterocycles. The van der Waals surface area contributed by atoms with Gasteiger partial charge in [0, 0.05) is 12.2 Å². The van der Waals surface area contributed by atoms with Crippen LogP contribution in [0.15, 0.2) is 36.5 Å². The van der Waals surface area contributed by atoms with Crippen LogP contribution in [0.25, 0.3) is 10.4 Å². The van der Waals surface area contributed by atoms with E-state index < -0.39 is 5.60 Å². The Bertz CT molecular complexity index is 588. The van der Waals surface area contributed by atoms with Gasteiger partial charge in [0.05, 0.1) is 17.0 Å². The molecule has 1 unspecified atom stereocenters. The second-order valence-corrected chi connectivity index (χ2v) is 7.38. The van der Waals surface area contributed by atoms with Crippen molar-refractivity contribution in [2.24, 2.45) is 0 Å². The Morgan fingerprint density at radius 1 is 1.33 bits per heavy atom. The van der Waals surface area contributed by atoms with Gasteiger partial charge < -0.3 is 5.11 Å². The van der Waals surface area contributed by atoms with E-state index in [0.717, 1.165) is 30.9 Å². The fourth-order valence-electron chi connectivity index (χ4n) is 3.11. The van der Waals surface area contributed by atoms with E-state index in [1.807, 2.05) is 26.1 Å². The zero-order chi connectivity index (χ0) is 14.9. The summed E-state index contributed by atoms with van der Waals surface area (Å²) >= 11 is 1.75. The van der Waals surface area contributed by atoms with Crippen molar-refractivity contribution < 1.29 is 5.11 Å². The van der Waals surface area contributed by atoms with E-state index in [2.05, 4.69) is 34.1 Å². The lowest BCUT2D eigenvalue weighted by Crippen LogP contribution is -2.45. The Kier molecular flexibility index (Phi) is 4.11. The van der Waals surface area contributed by atoms with Crippen LogP contribution in [0.3, 0.4) is 0 Å². The highest BCUT2D eigenvalue weighted by Gasteiger charge is 2.35. The average Bonchev–Trinajstić information content (AvgIpc) is 3.09. The first-order chi connectivity index (χ1) is 10.0. The van der Waals surface area contributed by atoms with Crippen LogP contribution in [0.4, 0.5) is 0 Å². The summed E-state index contributed by atoms with van der Waals surface area (Å²) in [6.07, 6.45) is 4.19. The Balaban J connectivity index is 1.73. The third-order valence-electron chi connectivity index (χ3n) is 4.13. The molecule has 4 heteroatoms. The van der Waals surface area contributed by atoms with Gasteiger partial charge >= 0.3 is 0 Å². The van der Waals surface area contributed by atoms with Crippen molar-refractivity contribution in [3.63, 3.8) is 0 Å². The first kappa shape index (κ1) is 14.7. The van der Waals surface area contributed by atoms with Crippen molar-refractivity contribution in [1.29, 1.82) is 0 Å². The van der Waals surface area contributed by atoms with E-state index in [1.54, 1.807) is 11.3 Å². The fourth-order valence-corrected chi connectivity index (χ4v) is 4.06. The molecule has 0 bridgehead atoms. The number of thiazole rings is 1. The van der Waals surface area contributed by atoms with Gasteiger partial charge in [-0.05, 0) is 38.8 Å². The molecule has 0 amide bonds. The molecule has 1 atom stereocenters. The van der Waals surface area contributed by atoms with Gasteiger partial charge in [0.2, 0.25) is 0 Å². The van der Waals surface area contributed by atoms with Crippen LogP contribution in [-0.4, -0.2) is 33.2 Å². The predicted molar refractivity (Wildman–Crippen MR) is 87.3 cm³/mol. The Morgan fingerprint density at radius 3 is 2.81 bits per heavy atom. The molecule has 2 heterocycles. The van der Waals surface area contributed by atoms with Crippen molar-refractivity contribution in [3.05, 3.63) is 41.5 Å². The first-order valence-corrected chi connectivity index (χ1v) is 8.32. The number of benzene rings is 1. The Hall–Kier alpha value is -1.23. The molecule has 0 radical (unpaired) electrons. The predicted octanol–water partition coefficient (Wildman–Crippen LogP) is 3.55. The molecule has 1 fully saturated rings. The molecule has 2 aromatic rings. The van der Waals surface area contributed by atoms with Gasteiger partial charge in [0.25, 0.3) is 0 Å². The summed E-state index contributed by atoms with van der Waals surface area (Å²) in [7, 11) is 0. The maximum atomic E-state index is 10.3. The van der Waals surface area contributed by atoms with Crippen LogP contribution in [0, 0.1) is 0 Å². The molecule has 0 aliphatic carbocycles. The molecule has 3 nitrogen and oxygen atoms in total. The van der Waals surface area contributed by atoms with Crippen molar-refractivity contribution in [1.82, 2.24) is 9.88 Å². The van der Waals surface area contributed by atoms with Crippen LogP contribution in [0.1, 0.15) is 31.7 Å². The maximum absolute atomic E-state index is 10.3. The van der Waals surface area contributed by atoms with Gasteiger partial charge in [0.15, 0.2) is 0 Å². The fraction of sp³-hybridized carbons (Fsp3) is 0.471. The van der Waals surface area contributed by atoms with Crippen LogP contribution >= 0.6 is 11.3 Å². The number of likely N-dealkylation sites (tertiary alicyclic amines) is 1. The lowest BCUT2D eigenvalue weighted by molar-refractivity contribution is -0.00502. The largest absolute Gasteiger partial charge is 0.389 e. The summed E-state index contributed by atoms with van der Waals surface area (Å²) in [5.41, 5.74) is 0.581. The van der Waals surface area contributed by atoms with Gasteiger partial charge in [-0.25, -0.2) is 4.98 Å². The van der Waals surface area contributed by atoms with Crippen LogP contribution < -0.4 is 0 Å². The van der Waals surface area contributed by atoms with Gasteiger partial charge in [-0.2, -0.15) is 0 Å². The summed E-state index contributed by atoms with van der Waals surface area (Å²) in [5, 5.41) is 11.4. The molecule has 1 N–H and O–H groups in total. The van der Waals surface area contributed by atoms with Gasteiger partial charge in [-0.15, -0.1) is 11.3 Å². The number of hydrogen-bond donors (Lipinski definition) is 1. The Morgan fingerprint density at radius 2 is 2.10 bits per heavy atom. The summed E-state index contributed by atoms with van der Waals surface area (Å²) in [5.74, 6) is 0. The molecule has 3 rings (SSSR count). The third kappa shape index (κ3) is 3.34. The average molecular weight is 302 g/mol. The second-order valence-electron chi connectivity index (χ2n) is 6.27. The molecule has 0 saturated carbocycles. The van der Waals surface area contributed by atoms with E-state index in [4.69, 9.17) is 0 Å². The molecule has 0 spiro atoms. The maximum Gasteiger partial charge on any atom is 0.107 e. The van der Waals surface area contributed by atoms with E-state index in [9.17, 15) is 5.11 Å². The van der Waals surface area contributed by atoms with Gasteiger partial charge in [-0.3, -0.25) is 4.90 Å². The Labute approximate surface area is 130 Å². The lowest BCUT2D eigenvalue weighted by atomic mass is 9.97. The molecule has 112 valence electrons. The second kappa shape index (κ2) is 5.87. The van der Waals surface area contributed by atoms with E-state index in [1.165, 1.54) is 10.4 Å². The standard InChI is InChI=1S/C17H22N2OS/c1-17(2,20)15-9-6-10-19(15)12-16-18-11-14(21-16)13-7-4-3-5-8-13/h3-5,7-8,11,15,20H,6,9-10,12H2,1-2H3.